The zero-order valence-corrected chi connectivity index (χ0v) is 11.7. The fourth-order valence-corrected chi connectivity index (χ4v) is 2.03. The summed E-state index contributed by atoms with van der Waals surface area (Å²) in [5, 5.41) is 10.7. The zero-order valence-electron chi connectivity index (χ0n) is 11.7. The van der Waals surface area contributed by atoms with Crippen molar-refractivity contribution in [3.63, 3.8) is 0 Å². The van der Waals surface area contributed by atoms with E-state index in [9.17, 15) is 13.2 Å². The van der Waals surface area contributed by atoms with Gasteiger partial charge in [0.05, 0.1) is 5.56 Å². The van der Waals surface area contributed by atoms with E-state index in [0.29, 0.717) is 28.7 Å². The van der Waals surface area contributed by atoms with E-state index < -0.39 is 11.7 Å². The molecular weight excluding hydrogens is 307 g/mol. The van der Waals surface area contributed by atoms with Gasteiger partial charge in [0.25, 0.3) is 0 Å². The number of rotatable bonds is 3. The SMILES string of the molecule is Nc1ccccc1-c1nnc(Nc2ccc(C(F)(F)F)cc2)[nH]1. The van der Waals surface area contributed by atoms with Crippen molar-refractivity contribution in [3.05, 3.63) is 54.1 Å². The monoisotopic (exact) mass is 319 g/mol. The van der Waals surface area contributed by atoms with Crippen LogP contribution in [-0.2, 0) is 6.18 Å². The Kier molecular flexibility index (Phi) is 3.65. The van der Waals surface area contributed by atoms with E-state index in [2.05, 4.69) is 20.5 Å². The van der Waals surface area contributed by atoms with Crippen LogP contribution in [0.2, 0.25) is 0 Å². The molecule has 0 saturated heterocycles. The molecule has 1 heterocycles. The number of anilines is 3. The smallest absolute Gasteiger partial charge is 0.398 e. The highest BCUT2D eigenvalue weighted by molar-refractivity contribution is 5.72. The van der Waals surface area contributed by atoms with Crippen LogP contribution in [0.3, 0.4) is 0 Å². The van der Waals surface area contributed by atoms with Crippen LogP contribution in [0.15, 0.2) is 48.5 Å². The Morgan fingerprint density at radius 2 is 1.65 bits per heavy atom. The average Bonchev–Trinajstić information content (AvgIpc) is 2.95. The molecule has 3 rings (SSSR count). The minimum Gasteiger partial charge on any atom is -0.398 e. The van der Waals surface area contributed by atoms with E-state index in [0.717, 1.165) is 12.1 Å². The summed E-state index contributed by atoms with van der Waals surface area (Å²) in [7, 11) is 0. The number of nitrogens with zero attached hydrogens (tertiary/aromatic N) is 2. The molecule has 0 saturated carbocycles. The summed E-state index contributed by atoms with van der Waals surface area (Å²) < 4.78 is 37.5. The van der Waals surface area contributed by atoms with Crippen LogP contribution in [0, 0.1) is 0 Å². The van der Waals surface area contributed by atoms with Crippen molar-refractivity contribution in [2.45, 2.75) is 6.18 Å². The maximum atomic E-state index is 12.5. The van der Waals surface area contributed by atoms with Crippen molar-refractivity contribution in [3.8, 4) is 11.4 Å². The van der Waals surface area contributed by atoms with Gasteiger partial charge in [-0.3, -0.25) is 0 Å². The van der Waals surface area contributed by atoms with Crippen molar-refractivity contribution >= 4 is 17.3 Å². The highest BCUT2D eigenvalue weighted by Gasteiger charge is 2.29. The maximum Gasteiger partial charge on any atom is 0.416 e. The summed E-state index contributed by atoms with van der Waals surface area (Å²) in [6.07, 6.45) is -4.36. The van der Waals surface area contributed by atoms with E-state index in [-0.39, 0.29) is 0 Å². The minimum atomic E-state index is -4.36. The van der Waals surface area contributed by atoms with Gasteiger partial charge in [0.15, 0.2) is 5.82 Å². The third-order valence-corrected chi connectivity index (χ3v) is 3.18. The van der Waals surface area contributed by atoms with Crippen molar-refractivity contribution in [2.24, 2.45) is 0 Å². The Hall–Kier alpha value is -3.03. The molecule has 2 aromatic carbocycles. The molecule has 23 heavy (non-hydrogen) atoms. The molecule has 118 valence electrons. The molecule has 0 bridgehead atoms. The molecule has 5 nitrogen and oxygen atoms in total. The van der Waals surface area contributed by atoms with Crippen LogP contribution in [0.25, 0.3) is 11.4 Å². The fraction of sp³-hybridized carbons (Fsp3) is 0.0667. The van der Waals surface area contributed by atoms with Gasteiger partial charge in [-0.2, -0.15) is 13.2 Å². The highest BCUT2D eigenvalue weighted by Crippen LogP contribution is 2.30. The third kappa shape index (κ3) is 3.25. The number of benzene rings is 2. The first-order valence-corrected chi connectivity index (χ1v) is 6.65. The quantitative estimate of drug-likeness (QED) is 0.641. The topological polar surface area (TPSA) is 79.6 Å². The molecule has 0 atom stereocenters. The van der Waals surface area contributed by atoms with Gasteiger partial charge in [0.1, 0.15) is 0 Å². The normalized spacial score (nSPS) is 11.4. The molecule has 0 spiro atoms. The largest absolute Gasteiger partial charge is 0.416 e. The van der Waals surface area contributed by atoms with E-state index in [1.54, 1.807) is 18.2 Å². The first-order chi connectivity index (χ1) is 10.9. The van der Waals surface area contributed by atoms with Gasteiger partial charge in [-0.1, -0.05) is 12.1 Å². The number of para-hydroxylation sites is 1. The Bertz CT molecular complexity index is 808. The molecular formula is C15H12F3N5. The Morgan fingerprint density at radius 3 is 2.30 bits per heavy atom. The molecule has 3 aromatic rings. The number of alkyl halides is 3. The first-order valence-electron chi connectivity index (χ1n) is 6.65. The standard InChI is InChI=1S/C15H12F3N5/c16-15(17,18)9-5-7-10(8-6-9)20-14-21-13(22-23-14)11-3-1-2-4-12(11)19/h1-8H,19H2,(H2,20,21,22,23). The lowest BCUT2D eigenvalue weighted by atomic mass is 10.2. The number of nitrogens with one attached hydrogen (secondary N) is 2. The van der Waals surface area contributed by atoms with Gasteiger partial charge >= 0.3 is 6.18 Å². The Balaban J connectivity index is 1.78. The van der Waals surface area contributed by atoms with Gasteiger partial charge in [-0.05, 0) is 36.4 Å². The molecule has 0 aliphatic rings. The predicted octanol–water partition coefficient (Wildman–Crippen LogP) is 3.82. The van der Waals surface area contributed by atoms with Gasteiger partial charge in [0, 0.05) is 16.9 Å². The predicted molar refractivity (Wildman–Crippen MR) is 81.0 cm³/mol. The number of H-pyrrole nitrogens is 1. The molecule has 4 N–H and O–H groups in total. The number of nitrogen functional groups attached to an aromatic ring is 1. The molecule has 0 aliphatic carbocycles. The number of aromatic nitrogens is 3. The van der Waals surface area contributed by atoms with Crippen LogP contribution < -0.4 is 11.1 Å². The number of hydrogen-bond donors (Lipinski definition) is 3. The average molecular weight is 319 g/mol. The summed E-state index contributed by atoms with van der Waals surface area (Å²) in [5.41, 5.74) is 6.85. The van der Waals surface area contributed by atoms with Crippen molar-refractivity contribution in [2.75, 3.05) is 11.1 Å². The van der Waals surface area contributed by atoms with Gasteiger partial charge < -0.3 is 16.0 Å². The summed E-state index contributed by atoms with van der Waals surface area (Å²) in [6.45, 7) is 0. The summed E-state index contributed by atoms with van der Waals surface area (Å²) in [4.78, 5) is 2.93. The third-order valence-electron chi connectivity index (χ3n) is 3.18. The lowest BCUT2D eigenvalue weighted by Crippen LogP contribution is -2.04. The summed E-state index contributed by atoms with van der Waals surface area (Å²) in [6, 6.07) is 11.8. The number of hydrogen-bond acceptors (Lipinski definition) is 4. The lowest BCUT2D eigenvalue weighted by Gasteiger charge is -2.07. The van der Waals surface area contributed by atoms with Gasteiger partial charge in [-0.15, -0.1) is 10.2 Å². The van der Waals surface area contributed by atoms with Crippen LogP contribution >= 0.6 is 0 Å². The zero-order chi connectivity index (χ0) is 16.4. The van der Waals surface area contributed by atoms with Crippen LogP contribution in [0.5, 0.6) is 0 Å². The molecule has 0 amide bonds. The van der Waals surface area contributed by atoms with Gasteiger partial charge in [0.2, 0.25) is 5.95 Å². The number of aromatic amines is 1. The van der Waals surface area contributed by atoms with E-state index in [1.165, 1.54) is 12.1 Å². The first kappa shape index (κ1) is 14.9. The summed E-state index contributed by atoms with van der Waals surface area (Å²) in [5.74, 6) is 0.778. The Labute approximate surface area is 129 Å². The van der Waals surface area contributed by atoms with Crippen molar-refractivity contribution in [1.82, 2.24) is 15.2 Å². The van der Waals surface area contributed by atoms with E-state index >= 15 is 0 Å². The molecule has 0 fully saturated rings. The van der Waals surface area contributed by atoms with Crippen molar-refractivity contribution < 1.29 is 13.2 Å². The number of halogens is 3. The second-order valence-electron chi connectivity index (χ2n) is 4.81. The lowest BCUT2D eigenvalue weighted by molar-refractivity contribution is -0.137. The molecule has 0 aliphatic heterocycles. The van der Waals surface area contributed by atoms with E-state index in [4.69, 9.17) is 5.73 Å². The maximum absolute atomic E-state index is 12.5. The van der Waals surface area contributed by atoms with Crippen LogP contribution in [-0.4, -0.2) is 15.2 Å². The Morgan fingerprint density at radius 1 is 0.957 bits per heavy atom. The molecule has 8 heteroatoms. The second kappa shape index (κ2) is 5.64. The second-order valence-corrected chi connectivity index (χ2v) is 4.81. The fourth-order valence-electron chi connectivity index (χ4n) is 2.03. The van der Waals surface area contributed by atoms with Crippen molar-refractivity contribution in [1.29, 1.82) is 0 Å². The molecule has 0 radical (unpaired) electrons. The van der Waals surface area contributed by atoms with Crippen LogP contribution in [0.1, 0.15) is 5.56 Å². The minimum absolute atomic E-state index is 0.308. The van der Waals surface area contributed by atoms with Gasteiger partial charge in [-0.25, -0.2) is 0 Å². The summed E-state index contributed by atoms with van der Waals surface area (Å²) >= 11 is 0. The molecule has 0 unspecified atom stereocenters. The number of nitrogens with two attached hydrogens (primary N) is 1. The van der Waals surface area contributed by atoms with E-state index in [1.807, 2.05) is 6.07 Å². The van der Waals surface area contributed by atoms with Crippen LogP contribution in [0.4, 0.5) is 30.5 Å². The molecule has 1 aromatic heterocycles. The highest BCUT2D eigenvalue weighted by atomic mass is 19.4.